The van der Waals surface area contributed by atoms with Gasteiger partial charge in [-0.15, -0.1) is 0 Å². The summed E-state index contributed by atoms with van der Waals surface area (Å²) in [6, 6.07) is 4.14. The molecule has 21 heavy (non-hydrogen) atoms. The normalized spacial score (nSPS) is 21.4. The molecule has 0 aliphatic heterocycles. The minimum absolute atomic E-state index is 0.00250. The van der Waals surface area contributed by atoms with Gasteiger partial charge < -0.3 is 10.1 Å². The maximum atomic E-state index is 11.6. The van der Waals surface area contributed by atoms with Gasteiger partial charge in [0.1, 0.15) is 5.52 Å². The molecule has 0 bridgehead atoms. The molecular formula is C15H16BrN3O2. The third-order valence-electron chi connectivity index (χ3n) is 3.87. The van der Waals surface area contributed by atoms with Crippen molar-refractivity contribution in [3.63, 3.8) is 0 Å². The predicted molar refractivity (Wildman–Crippen MR) is 84.0 cm³/mol. The highest BCUT2D eigenvalue weighted by molar-refractivity contribution is 9.10. The van der Waals surface area contributed by atoms with Crippen molar-refractivity contribution in [2.75, 3.05) is 12.4 Å². The molecule has 0 aromatic carbocycles. The van der Waals surface area contributed by atoms with Gasteiger partial charge in [-0.2, -0.15) is 0 Å². The topological polar surface area (TPSA) is 64.1 Å². The molecule has 2 aromatic heterocycles. The van der Waals surface area contributed by atoms with Gasteiger partial charge in [0.05, 0.1) is 24.2 Å². The SMILES string of the molecule is COC(=O)[C@H]1CC[C@@H](Nc2ccnc3cc(Br)cnc23)C1. The zero-order valence-corrected chi connectivity index (χ0v) is 13.3. The van der Waals surface area contributed by atoms with Crippen LogP contribution >= 0.6 is 15.9 Å². The van der Waals surface area contributed by atoms with Gasteiger partial charge in [0.25, 0.3) is 0 Å². The van der Waals surface area contributed by atoms with Crippen molar-refractivity contribution in [3.8, 4) is 0 Å². The molecule has 0 saturated heterocycles. The summed E-state index contributed by atoms with van der Waals surface area (Å²) in [6.45, 7) is 0. The Bertz CT molecular complexity index is 677. The number of esters is 1. The van der Waals surface area contributed by atoms with E-state index >= 15 is 0 Å². The van der Waals surface area contributed by atoms with Gasteiger partial charge in [0, 0.05) is 22.9 Å². The summed E-state index contributed by atoms with van der Waals surface area (Å²) in [5, 5.41) is 3.49. The molecule has 0 unspecified atom stereocenters. The van der Waals surface area contributed by atoms with Gasteiger partial charge in [-0.05, 0) is 47.3 Å². The van der Waals surface area contributed by atoms with E-state index in [2.05, 4.69) is 31.2 Å². The van der Waals surface area contributed by atoms with E-state index in [9.17, 15) is 4.79 Å². The van der Waals surface area contributed by atoms with Crippen molar-refractivity contribution in [2.24, 2.45) is 5.92 Å². The first-order chi connectivity index (χ1) is 10.2. The molecule has 2 aromatic rings. The minimum atomic E-state index is -0.110. The summed E-state index contributed by atoms with van der Waals surface area (Å²) in [4.78, 5) is 20.3. The number of aromatic nitrogens is 2. The lowest BCUT2D eigenvalue weighted by Gasteiger charge is -2.15. The maximum absolute atomic E-state index is 11.6. The molecule has 1 saturated carbocycles. The summed E-state index contributed by atoms with van der Waals surface area (Å²) < 4.78 is 5.73. The molecule has 5 nitrogen and oxygen atoms in total. The Hall–Kier alpha value is -1.69. The summed E-state index contributed by atoms with van der Waals surface area (Å²) in [6.07, 6.45) is 6.16. The number of carbonyl (C=O) groups is 1. The van der Waals surface area contributed by atoms with Crippen molar-refractivity contribution in [1.82, 2.24) is 9.97 Å². The molecule has 1 fully saturated rings. The van der Waals surface area contributed by atoms with E-state index in [-0.39, 0.29) is 17.9 Å². The number of nitrogens with zero attached hydrogens (tertiary/aromatic N) is 2. The smallest absolute Gasteiger partial charge is 0.308 e. The van der Waals surface area contributed by atoms with Gasteiger partial charge in [0.2, 0.25) is 0 Å². The van der Waals surface area contributed by atoms with E-state index in [4.69, 9.17) is 4.74 Å². The first kappa shape index (κ1) is 14.3. The largest absolute Gasteiger partial charge is 0.469 e. The molecule has 0 radical (unpaired) electrons. The molecule has 0 spiro atoms. The number of halogens is 1. The summed E-state index contributed by atoms with van der Waals surface area (Å²) >= 11 is 3.40. The van der Waals surface area contributed by atoms with Crippen LogP contribution in [-0.2, 0) is 9.53 Å². The van der Waals surface area contributed by atoms with Crippen LogP contribution in [0.5, 0.6) is 0 Å². The third-order valence-corrected chi connectivity index (χ3v) is 4.30. The fraction of sp³-hybridized carbons (Fsp3) is 0.400. The van der Waals surface area contributed by atoms with Crippen molar-refractivity contribution >= 4 is 38.6 Å². The molecule has 3 rings (SSSR count). The van der Waals surface area contributed by atoms with Crippen LogP contribution in [0.15, 0.2) is 29.0 Å². The summed E-state index contributed by atoms with van der Waals surface area (Å²) in [7, 11) is 1.45. The van der Waals surface area contributed by atoms with E-state index in [0.717, 1.165) is 40.5 Å². The van der Waals surface area contributed by atoms with Crippen LogP contribution in [-0.4, -0.2) is 29.1 Å². The quantitative estimate of drug-likeness (QED) is 0.862. The van der Waals surface area contributed by atoms with Crippen molar-refractivity contribution in [1.29, 1.82) is 0 Å². The third kappa shape index (κ3) is 3.00. The van der Waals surface area contributed by atoms with Crippen LogP contribution < -0.4 is 5.32 Å². The zero-order valence-electron chi connectivity index (χ0n) is 11.7. The Morgan fingerprint density at radius 3 is 3.10 bits per heavy atom. The zero-order chi connectivity index (χ0) is 14.8. The van der Waals surface area contributed by atoms with Gasteiger partial charge in [-0.1, -0.05) is 0 Å². The number of methoxy groups -OCH3 is 1. The van der Waals surface area contributed by atoms with Gasteiger partial charge in [0.15, 0.2) is 0 Å². The summed E-state index contributed by atoms with van der Waals surface area (Å²) in [5.74, 6) is -0.108. The van der Waals surface area contributed by atoms with Gasteiger partial charge in [-0.25, -0.2) is 0 Å². The highest BCUT2D eigenvalue weighted by Crippen LogP contribution is 2.30. The number of anilines is 1. The van der Waals surface area contributed by atoms with Crippen molar-refractivity contribution < 1.29 is 9.53 Å². The van der Waals surface area contributed by atoms with E-state index < -0.39 is 0 Å². The lowest BCUT2D eigenvalue weighted by Crippen LogP contribution is -2.19. The van der Waals surface area contributed by atoms with Crippen LogP contribution in [0.25, 0.3) is 11.0 Å². The number of rotatable bonds is 3. The molecule has 110 valence electrons. The van der Waals surface area contributed by atoms with Crippen LogP contribution in [0, 0.1) is 5.92 Å². The van der Waals surface area contributed by atoms with Crippen LogP contribution in [0.2, 0.25) is 0 Å². The van der Waals surface area contributed by atoms with Crippen LogP contribution in [0.4, 0.5) is 5.69 Å². The molecule has 0 amide bonds. The Morgan fingerprint density at radius 1 is 1.43 bits per heavy atom. The first-order valence-corrected chi connectivity index (χ1v) is 7.71. The number of pyridine rings is 2. The molecule has 1 aliphatic carbocycles. The second kappa shape index (κ2) is 5.97. The Morgan fingerprint density at radius 2 is 2.29 bits per heavy atom. The predicted octanol–water partition coefficient (Wildman–Crippen LogP) is 3.15. The Kier molecular flexibility index (Phi) is 4.05. The number of nitrogens with one attached hydrogen (secondary N) is 1. The van der Waals surface area contributed by atoms with Crippen molar-refractivity contribution in [2.45, 2.75) is 25.3 Å². The Balaban J connectivity index is 1.78. The van der Waals surface area contributed by atoms with E-state index in [1.807, 2.05) is 12.1 Å². The van der Waals surface area contributed by atoms with Gasteiger partial charge in [-0.3, -0.25) is 14.8 Å². The van der Waals surface area contributed by atoms with Crippen LogP contribution in [0.3, 0.4) is 0 Å². The van der Waals surface area contributed by atoms with E-state index in [1.54, 1.807) is 12.4 Å². The second-order valence-electron chi connectivity index (χ2n) is 5.25. The van der Waals surface area contributed by atoms with Crippen molar-refractivity contribution in [3.05, 3.63) is 29.0 Å². The molecule has 2 atom stereocenters. The average Bonchev–Trinajstić information content (AvgIpc) is 2.95. The second-order valence-corrected chi connectivity index (χ2v) is 6.17. The van der Waals surface area contributed by atoms with E-state index in [0.29, 0.717) is 0 Å². The molecule has 2 heterocycles. The first-order valence-electron chi connectivity index (χ1n) is 6.92. The standard InChI is InChI=1S/C15H16BrN3O2/c1-21-15(20)9-2-3-11(6-9)19-12-4-5-17-13-7-10(16)8-18-14(12)13/h4-5,7-9,11H,2-3,6H2,1H3,(H,17,19)/t9-,11+/m0/s1. The maximum Gasteiger partial charge on any atom is 0.308 e. The average molecular weight is 350 g/mol. The number of carbonyl (C=O) groups excluding carboxylic acids is 1. The fourth-order valence-corrected chi connectivity index (χ4v) is 3.15. The molecule has 1 aliphatic rings. The number of fused-ring (bicyclic) bond motifs is 1. The lowest BCUT2D eigenvalue weighted by atomic mass is 10.1. The lowest BCUT2D eigenvalue weighted by molar-refractivity contribution is -0.145. The number of ether oxygens (including phenoxy) is 1. The van der Waals surface area contributed by atoms with Crippen LogP contribution in [0.1, 0.15) is 19.3 Å². The van der Waals surface area contributed by atoms with E-state index in [1.165, 1.54) is 7.11 Å². The summed E-state index contributed by atoms with van der Waals surface area (Å²) in [5.41, 5.74) is 2.65. The Labute approximate surface area is 131 Å². The minimum Gasteiger partial charge on any atom is -0.469 e. The molecule has 1 N–H and O–H groups in total. The highest BCUT2D eigenvalue weighted by Gasteiger charge is 2.30. The molecule has 6 heteroatoms. The number of hydrogen-bond acceptors (Lipinski definition) is 5. The van der Waals surface area contributed by atoms with Gasteiger partial charge >= 0.3 is 5.97 Å². The molecular weight excluding hydrogens is 334 g/mol. The fourth-order valence-electron chi connectivity index (χ4n) is 2.84. The highest BCUT2D eigenvalue weighted by atomic mass is 79.9. The number of hydrogen-bond donors (Lipinski definition) is 1. The monoisotopic (exact) mass is 349 g/mol.